The van der Waals surface area contributed by atoms with Crippen LogP contribution in [0.15, 0.2) is 47.1 Å². The van der Waals surface area contributed by atoms with Crippen LogP contribution < -0.4 is 4.72 Å². The number of hydrogen-bond donors (Lipinski definition) is 1. The van der Waals surface area contributed by atoms with Crippen LogP contribution in [0.3, 0.4) is 0 Å². The maximum absolute atomic E-state index is 14.2. The highest BCUT2D eigenvalue weighted by Gasteiger charge is 2.18. The molecule has 0 fully saturated rings. The van der Waals surface area contributed by atoms with Crippen LogP contribution in [0, 0.1) is 12.7 Å². The Labute approximate surface area is 130 Å². The molecule has 3 rings (SSSR count). The van der Waals surface area contributed by atoms with Gasteiger partial charge in [0, 0.05) is 17.8 Å². The van der Waals surface area contributed by atoms with E-state index in [1.807, 2.05) is 6.92 Å². The highest BCUT2D eigenvalue weighted by atomic mass is 32.2. The molecule has 6 nitrogen and oxygen atoms in total. The summed E-state index contributed by atoms with van der Waals surface area (Å²) < 4.78 is 42.2. The van der Waals surface area contributed by atoms with Crippen LogP contribution in [0.4, 0.5) is 9.52 Å². The Morgan fingerprint density at radius 2 is 2.18 bits per heavy atom. The maximum Gasteiger partial charge on any atom is 0.263 e. The molecule has 0 atom stereocenters. The van der Waals surface area contributed by atoms with Crippen LogP contribution in [0.5, 0.6) is 0 Å². The second-order valence-electron chi connectivity index (χ2n) is 4.52. The van der Waals surface area contributed by atoms with E-state index in [9.17, 15) is 12.8 Å². The number of sulfonamides is 1. The molecule has 0 saturated carbocycles. The van der Waals surface area contributed by atoms with Gasteiger partial charge in [0.05, 0.1) is 11.1 Å². The van der Waals surface area contributed by atoms with Gasteiger partial charge in [-0.05, 0) is 30.7 Å². The molecule has 0 spiro atoms. The normalized spacial score (nSPS) is 11.5. The summed E-state index contributed by atoms with van der Waals surface area (Å²) in [4.78, 5) is 3.66. The molecule has 2 heterocycles. The lowest BCUT2D eigenvalue weighted by Crippen LogP contribution is -2.13. The van der Waals surface area contributed by atoms with Crippen molar-refractivity contribution in [1.29, 1.82) is 0 Å². The second kappa shape index (κ2) is 5.50. The number of aromatic nitrogens is 3. The van der Waals surface area contributed by atoms with Crippen molar-refractivity contribution in [1.82, 2.24) is 14.8 Å². The van der Waals surface area contributed by atoms with Crippen LogP contribution in [0.2, 0.25) is 0 Å². The minimum atomic E-state index is -3.87. The van der Waals surface area contributed by atoms with Crippen molar-refractivity contribution in [3.8, 4) is 5.69 Å². The number of nitrogens with zero attached hydrogens (tertiary/aromatic N) is 3. The van der Waals surface area contributed by atoms with Crippen molar-refractivity contribution in [2.45, 2.75) is 11.8 Å². The molecule has 0 aliphatic carbocycles. The first-order chi connectivity index (χ1) is 10.5. The number of thiazole rings is 1. The van der Waals surface area contributed by atoms with Crippen molar-refractivity contribution in [3.63, 3.8) is 0 Å². The Bertz CT molecular complexity index is 904. The van der Waals surface area contributed by atoms with Gasteiger partial charge < -0.3 is 0 Å². The number of halogens is 1. The van der Waals surface area contributed by atoms with Crippen molar-refractivity contribution >= 4 is 26.5 Å². The molecule has 1 aromatic carbocycles. The molecule has 2 aromatic heterocycles. The molecule has 0 aliphatic heterocycles. The minimum absolute atomic E-state index is 0.173. The fraction of sp³-hybridized carbons (Fsp3) is 0.0769. The SMILES string of the molecule is Cc1cnn(-c2ccc(S(=O)(=O)Nc3nccs3)cc2F)c1. The van der Waals surface area contributed by atoms with Gasteiger partial charge >= 0.3 is 0 Å². The third-order valence-electron chi connectivity index (χ3n) is 2.84. The molecule has 0 aliphatic rings. The van der Waals surface area contributed by atoms with Crippen LogP contribution in [0.25, 0.3) is 5.69 Å². The smallest absolute Gasteiger partial charge is 0.255 e. The predicted molar refractivity (Wildman–Crippen MR) is 81.2 cm³/mol. The number of benzene rings is 1. The molecule has 0 saturated heterocycles. The Morgan fingerprint density at radius 1 is 1.36 bits per heavy atom. The Kier molecular flexibility index (Phi) is 3.67. The van der Waals surface area contributed by atoms with Gasteiger partial charge in [-0.15, -0.1) is 11.3 Å². The standard InChI is InChI=1S/C13H11FN4O2S2/c1-9-7-16-18(8-9)12-3-2-10(6-11(12)14)22(19,20)17-13-15-4-5-21-13/h2-8H,1H3,(H,15,17). The molecule has 0 radical (unpaired) electrons. The summed E-state index contributed by atoms with van der Waals surface area (Å²) in [6.07, 6.45) is 4.72. The van der Waals surface area contributed by atoms with Crippen LogP contribution in [0.1, 0.15) is 5.56 Å². The van der Waals surface area contributed by atoms with E-state index in [0.717, 1.165) is 23.0 Å². The van der Waals surface area contributed by atoms with Gasteiger partial charge in [-0.3, -0.25) is 4.72 Å². The second-order valence-corrected chi connectivity index (χ2v) is 7.10. The summed E-state index contributed by atoms with van der Waals surface area (Å²) in [6.45, 7) is 1.83. The van der Waals surface area contributed by atoms with E-state index < -0.39 is 15.8 Å². The fourth-order valence-corrected chi connectivity index (χ4v) is 3.63. The van der Waals surface area contributed by atoms with Crippen LogP contribution in [-0.2, 0) is 10.0 Å². The van der Waals surface area contributed by atoms with Gasteiger partial charge in [0.25, 0.3) is 10.0 Å². The molecule has 1 N–H and O–H groups in total. The number of hydrogen-bond acceptors (Lipinski definition) is 5. The number of nitrogens with one attached hydrogen (secondary N) is 1. The van der Waals surface area contributed by atoms with Gasteiger partial charge in [0.2, 0.25) is 0 Å². The summed E-state index contributed by atoms with van der Waals surface area (Å²) in [7, 11) is -3.87. The number of aryl methyl sites for hydroxylation is 1. The van der Waals surface area contributed by atoms with E-state index in [2.05, 4.69) is 14.8 Å². The average molecular weight is 338 g/mol. The van der Waals surface area contributed by atoms with Gasteiger partial charge in [-0.1, -0.05) is 0 Å². The van der Waals surface area contributed by atoms with E-state index in [0.29, 0.717) is 0 Å². The zero-order valence-corrected chi connectivity index (χ0v) is 13.0. The van der Waals surface area contributed by atoms with E-state index in [-0.39, 0.29) is 15.7 Å². The topological polar surface area (TPSA) is 76.9 Å². The summed E-state index contributed by atoms with van der Waals surface area (Å²) >= 11 is 1.14. The summed E-state index contributed by atoms with van der Waals surface area (Å²) in [5.74, 6) is -0.676. The zero-order valence-electron chi connectivity index (χ0n) is 11.4. The summed E-state index contributed by atoms with van der Waals surface area (Å²) in [5, 5.41) is 5.87. The molecule has 22 heavy (non-hydrogen) atoms. The lowest BCUT2D eigenvalue weighted by atomic mass is 10.3. The van der Waals surface area contributed by atoms with E-state index in [1.165, 1.54) is 23.0 Å². The minimum Gasteiger partial charge on any atom is -0.255 e. The number of anilines is 1. The molecule has 3 aromatic rings. The maximum atomic E-state index is 14.2. The predicted octanol–water partition coefficient (Wildman–Crippen LogP) is 2.58. The van der Waals surface area contributed by atoms with Crippen molar-refractivity contribution in [3.05, 3.63) is 53.6 Å². The van der Waals surface area contributed by atoms with Crippen LogP contribution >= 0.6 is 11.3 Å². The first-order valence-corrected chi connectivity index (χ1v) is 8.55. The van der Waals surface area contributed by atoms with Gasteiger partial charge in [-0.2, -0.15) is 5.10 Å². The average Bonchev–Trinajstić information content (AvgIpc) is 3.10. The molecular weight excluding hydrogens is 327 g/mol. The Morgan fingerprint density at radius 3 is 2.77 bits per heavy atom. The van der Waals surface area contributed by atoms with Crippen LogP contribution in [-0.4, -0.2) is 23.2 Å². The Balaban J connectivity index is 1.94. The molecule has 0 amide bonds. The summed E-state index contributed by atoms with van der Waals surface area (Å²) in [6, 6.07) is 3.66. The van der Waals surface area contributed by atoms with E-state index in [4.69, 9.17) is 0 Å². The van der Waals surface area contributed by atoms with Crippen molar-refractivity contribution < 1.29 is 12.8 Å². The fourth-order valence-electron chi connectivity index (χ4n) is 1.83. The molecule has 114 valence electrons. The molecule has 0 unspecified atom stereocenters. The van der Waals surface area contributed by atoms with Crippen molar-refractivity contribution in [2.75, 3.05) is 4.72 Å². The highest BCUT2D eigenvalue weighted by molar-refractivity contribution is 7.93. The monoisotopic (exact) mass is 338 g/mol. The van der Waals surface area contributed by atoms with E-state index >= 15 is 0 Å². The first-order valence-electron chi connectivity index (χ1n) is 6.19. The molecular formula is C13H11FN4O2S2. The quantitative estimate of drug-likeness (QED) is 0.793. The van der Waals surface area contributed by atoms with Crippen molar-refractivity contribution in [2.24, 2.45) is 0 Å². The molecule has 9 heteroatoms. The first kappa shape index (κ1) is 14.7. The lowest BCUT2D eigenvalue weighted by Gasteiger charge is -2.08. The third-order valence-corrected chi connectivity index (χ3v) is 5.00. The number of rotatable bonds is 4. The lowest BCUT2D eigenvalue weighted by molar-refractivity contribution is 0.590. The largest absolute Gasteiger partial charge is 0.263 e. The highest BCUT2D eigenvalue weighted by Crippen LogP contribution is 2.21. The van der Waals surface area contributed by atoms with Gasteiger partial charge in [-0.25, -0.2) is 22.5 Å². The third kappa shape index (κ3) is 2.85. The van der Waals surface area contributed by atoms with E-state index in [1.54, 1.807) is 17.8 Å². The van der Waals surface area contributed by atoms with Gasteiger partial charge in [0.15, 0.2) is 5.13 Å². The Hall–Kier alpha value is -2.26. The zero-order chi connectivity index (χ0) is 15.7. The summed E-state index contributed by atoms with van der Waals surface area (Å²) in [5.41, 5.74) is 1.06. The molecule has 0 bridgehead atoms. The van der Waals surface area contributed by atoms with Gasteiger partial charge in [0.1, 0.15) is 11.5 Å².